The van der Waals surface area contributed by atoms with Crippen molar-refractivity contribution in [3.8, 4) is 0 Å². The van der Waals surface area contributed by atoms with Crippen LogP contribution in [-0.2, 0) is 0 Å². The summed E-state index contributed by atoms with van der Waals surface area (Å²) in [5, 5.41) is 0. The van der Waals surface area contributed by atoms with Crippen LogP contribution in [0.5, 0.6) is 0 Å². The first kappa shape index (κ1) is 21.9. The average molecular weight is 282 g/mol. The summed E-state index contributed by atoms with van der Waals surface area (Å²) in [7, 11) is 0. The van der Waals surface area contributed by atoms with Gasteiger partial charge in [0.1, 0.15) is 0 Å². The summed E-state index contributed by atoms with van der Waals surface area (Å²) < 4.78 is 0. The molecular weight excluding hydrogens is 245 g/mol. The Kier molecular flexibility index (Phi) is 25.4. The molecule has 1 nitrogen and oxygen atoms in total. The van der Waals surface area contributed by atoms with E-state index in [9.17, 15) is 0 Å². The van der Waals surface area contributed by atoms with Gasteiger partial charge in [0, 0.05) is 0 Å². The van der Waals surface area contributed by atoms with Crippen LogP contribution in [0.1, 0.15) is 96.8 Å². The van der Waals surface area contributed by atoms with Crippen molar-refractivity contribution in [2.75, 3.05) is 6.54 Å². The fourth-order valence-electron chi connectivity index (χ4n) is 2.34. The SMILES string of the molecule is CCCCCCCCCCCCCCCCN.[KH]. The van der Waals surface area contributed by atoms with E-state index in [1.165, 1.54) is 89.9 Å². The van der Waals surface area contributed by atoms with Crippen molar-refractivity contribution in [1.82, 2.24) is 0 Å². The van der Waals surface area contributed by atoms with Crippen molar-refractivity contribution in [3.63, 3.8) is 0 Å². The monoisotopic (exact) mass is 281 g/mol. The van der Waals surface area contributed by atoms with Crippen molar-refractivity contribution < 1.29 is 0 Å². The minimum absolute atomic E-state index is 0. The third kappa shape index (κ3) is 19.9. The van der Waals surface area contributed by atoms with Crippen LogP contribution >= 0.6 is 0 Å². The van der Waals surface area contributed by atoms with Crippen molar-refractivity contribution in [3.05, 3.63) is 0 Å². The third-order valence-corrected chi connectivity index (χ3v) is 3.56. The third-order valence-electron chi connectivity index (χ3n) is 3.56. The molecule has 0 fully saturated rings. The van der Waals surface area contributed by atoms with Crippen LogP contribution in [0.3, 0.4) is 0 Å². The zero-order valence-corrected chi connectivity index (χ0v) is 12.2. The topological polar surface area (TPSA) is 26.0 Å². The predicted molar refractivity (Wildman–Crippen MR) is 86.5 cm³/mol. The molecule has 0 saturated carbocycles. The molecular formula is C16H36KN. The number of unbranched alkanes of at least 4 members (excludes halogenated alkanes) is 13. The van der Waals surface area contributed by atoms with Gasteiger partial charge < -0.3 is 5.73 Å². The van der Waals surface area contributed by atoms with Crippen LogP contribution in [-0.4, -0.2) is 57.9 Å². The van der Waals surface area contributed by atoms with E-state index in [1.807, 2.05) is 0 Å². The van der Waals surface area contributed by atoms with E-state index in [2.05, 4.69) is 6.92 Å². The number of nitrogens with two attached hydrogens (primary N) is 1. The maximum absolute atomic E-state index is 5.47. The van der Waals surface area contributed by atoms with E-state index < -0.39 is 0 Å². The molecule has 106 valence electrons. The van der Waals surface area contributed by atoms with Crippen LogP contribution in [0.25, 0.3) is 0 Å². The number of hydrogen-bond acceptors (Lipinski definition) is 1. The van der Waals surface area contributed by atoms with Gasteiger partial charge in [-0.3, -0.25) is 0 Å². The molecule has 0 unspecified atom stereocenters. The summed E-state index contributed by atoms with van der Waals surface area (Å²) in [6, 6.07) is 0. The summed E-state index contributed by atoms with van der Waals surface area (Å²) in [4.78, 5) is 0. The molecule has 0 saturated heterocycles. The Morgan fingerprint density at radius 3 is 1.06 bits per heavy atom. The standard InChI is InChI=1S/C16H35N.K.H/c1-2-3-4-5-6-7-8-9-10-11-12-13-14-15-16-17;;/h2-17H2,1H3;;. The van der Waals surface area contributed by atoms with E-state index in [4.69, 9.17) is 5.73 Å². The Balaban J connectivity index is 0. The average Bonchev–Trinajstić information content (AvgIpc) is 2.35. The second-order valence-corrected chi connectivity index (χ2v) is 5.38. The Hall–Kier alpha value is 1.60. The minimum atomic E-state index is 0. The molecule has 0 radical (unpaired) electrons. The van der Waals surface area contributed by atoms with Crippen LogP contribution in [0.15, 0.2) is 0 Å². The van der Waals surface area contributed by atoms with Gasteiger partial charge in [0.15, 0.2) is 0 Å². The first-order valence-electron chi connectivity index (χ1n) is 8.12. The van der Waals surface area contributed by atoms with Gasteiger partial charge in [0.25, 0.3) is 0 Å². The Morgan fingerprint density at radius 2 is 0.778 bits per heavy atom. The maximum atomic E-state index is 5.47. The molecule has 0 aromatic carbocycles. The molecule has 2 heteroatoms. The Labute approximate surface area is 158 Å². The van der Waals surface area contributed by atoms with Gasteiger partial charge in [0.05, 0.1) is 0 Å². The molecule has 18 heavy (non-hydrogen) atoms. The van der Waals surface area contributed by atoms with E-state index in [1.54, 1.807) is 0 Å². The zero-order valence-electron chi connectivity index (χ0n) is 12.2. The van der Waals surface area contributed by atoms with E-state index in [0.29, 0.717) is 0 Å². The van der Waals surface area contributed by atoms with E-state index in [0.717, 1.165) is 6.54 Å². The number of hydrogen-bond donors (Lipinski definition) is 1. The van der Waals surface area contributed by atoms with E-state index in [-0.39, 0.29) is 51.4 Å². The van der Waals surface area contributed by atoms with Crippen molar-refractivity contribution >= 4 is 51.4 Å². The normalized spacial score (nSPS) is 10.3. The molecule has 0 spiro atoms. The van der Waals surface area contributed by atoms with Crippen molar-refractivity contribution in [2.45, 2.75) is 96.8 Å². The quantitative estimate of drug-likeness (QED) is 0.360. The second-order valence-electron chi connectivity index (χ2n) is 5.38. The summed E-state index contributed by atoms with van der Waals surface area (Å²) in [6.45, 7) is 3.16. The molecule has 0 amide bonds. The van der Waals surface area contributed by atoms with Gasteiger partial charge in [-0.25, -0.2) is 0 Å². The van der Waals surface area contributed by atoms with Gasteiger partial charge in [-0.05, 0) is 13.0 Å². The van der Waals surface area contributed by atoms with Crippen LogP contribution in [0.2, 0.25) is 0 Å². The van der Waals surface area contributed by atoms with Crippen molar-refractivity contribution in [1.29, 1.82) is 0 Å². The summed E-state index contributed by atoms with van der Waals surface area (Å²) in [5.41, 5.74) is 5.47. The molecule has 0 aliphatic rings. The van der Waals surface area contributed by atoms with E-state index >= 15 is 0 Å². The Bertz CT molecular complexity index is 114. The van der Waals surface area contributed by atoms with Gasteiger partial charge in [-0.2, -0.15) is 0 Å². The van der Waals surface area contributed by atoms with Gasteiger partial charge in [-0.1, -0.05) is 90.4 Å². The summed E-state index contributed by atoms with van der Waals surface area (Å²) in [5.74, 6) is 0. The second kappa shape index (κ2) is 20.9. The fraction of sp³-hybridized carbons (Fsp3) is 1.00. The van der Waals surface area contributed by atoms with Crippen LogP contribution in [0.4, 0.5) is 0 Å². The molecule has 0 atom stereocenters. The van der Waals surface area contributed by atoms with Gasteiger partial charge >= 0.3 is 51.4 Å². The Morgan fingerprint density at radius 1 is 0.500 bits per heavy atom. The molecule has 0 bridgehead atoms. The first-order chi connectivity index (χ1) is 8.41. The summed E-state index contributed by atoms with van der Waals surface area (Å²) >= 11 is 0. The molecule has 0 aliphatic heterocycles. The molecule has 0 aromatic rings. The predicted octanol–water partition coefficient (Wildman–Crippen LogP) is 4.78. The van der Waals surface area contributed by atoms with Gasteiger partial charge in [-0.15, -0.1) is 0 Å². The molecule has 0 aromatic heterocycles. The van der Waals surface area contributed by atoms with Crippen molar-refractivity contribution in [2.24, 2.45) is 5.73 Å². The fourth-order valence-corrected chi connectivity index (χ4v) is 2.34. The molecule has 0 heterocycles. The molecule has 0 rings (SSSR count). The van der Waals surface area contributed by atoms with Gasteiger partial charge in [0.2, 0.25) is 0 Å². The van der Waals surface area contributed by atoms with Crippen LogP contribution < -0.4 is 5.73 Å². The summed E-state index contributed by atoms with van der Waals surface area (Å²) in [6.07, 6.45) is 19.9. The zero-order chi connectivity index (χ0) is 12.6. The van der Waals surface area contributed by atoms with Crippen LogP contribution in [0, 0.1) is 0 Å². The molecule has 0 aliphatic carbocycles. The molecule has 2 N–H and O–H groups in total. The number of rotatable bonds is 14. The first-order valence-corrected chi connectivity index (χ1v) is 8.12.